The van der Waals surface area contributed by atoms with Crippen LogP contribution in [0.4, 0.5) is 11.4 Å². The monoisotopic (exact) mass is 301 g/mol. The maximum absolute atomic E-state index is 10.8. The number of aromatic nitrogens is 2. The highest BCUT2D eigenvalue weighted by Gasteiger charge is 2.27. The molecule has 116 valence electrons. The van der Waals surface area contributed by atoms with E-state index < -0.39 is 0 Å². The molecule has 1 aromatic heterocycles. The second-order valence-corrected chi connectivity index (χ2v) is 5.52. The predicted octanol–water partition coefficient (Wildman–Crippen LogP) is 2.09. The fourth-order valence-corrected chi connectivity index (χ4v) is 2.76. The van der Waals surface area contributed by atoms with Gasteiger partial charge in [-0.1, -0.05) is 0 Å². The summed E-state index contributed by atoms with van der Waals surface area (Å²) in [6.45, 7) is 6.51. The third-order valence-corrected chi connectivity index (χ3v) is 4.10. The van der Waals surface area contributed by atoms with Crippen molar-refractivity contribution in [1.82, 2.24) is 15.3 Å². The highest BCUT2D eigenvalue weighted by Crippen LogP contribution is 2.28. The lowest BCUT2D eigenvalue weighted by atomic mass is 10.1. The summed E-state index contributed by atoms with van der Waals surface area (Å²) in [7, 11) is 0. The topological polar surface area (TPSA) is 87.1 Å². The Morgan fingerprint density at radius 1 is 1.32 bits per heavy atom. The summed E-state index contributed by atoms with van der Waals surface area (Å²) in [6.07, 6.45) is 0. The Hall–Kier alpha value is -2.41. The highest BCUT2D eigenvalue weighted by atomic mass is 16.6. The first-order valence-corrected chi connectivity index (χ1v) is 7.31. The van der Waals surface area contributed by atoms with Gasteiger partial charge < -0.3 is 15.2 Å². The number of rotatable bonds is 3. The first-order chi connectivity index (χ1) is 10.6. The van der Waals surface area contributed by atoms with E-state index in [1.54, 1.807) is 24.3 Å². The lowest BCUT2D eigenvalue weighted by Crippen LogP contribution is -2.46. The number of hydrogen-bond donors (Lipinski definition) is 2. The number of hydrogen-bond acceptors (Lipinski definition) is 5. The van der Waals surface area contributed by atoms with Gasteiger partial charge in [0, 0.05) is 43.1 Å². The van der Waals surface area contributed by atoms with Crippen molar-refractivity contribution in [3.8, 4) is 0 Å². The molecule has 1 fully saturated rings. The van der Waals surface area contributed by atoms with E-state index in [2.05, 4.69) is 20.2 Å². The molecule has 0 spiro atoms. The number of imidazole rings is 1. The van der Waals surface area contributed by atoms with E-state index in [9.17, 15) is 10.1 Å². The van der Waals surface area contributed by atoms with E-state index in [0.29, 0.717) is 0 Å². The van der Waals surface area contributed by atoms with Gasteiger partial charge in [-0.2, -0.15) is 0 Å². The van der Waals surface area contributed by atoms with Crippen molar-refractivity contribution in [3.05, 3.63) is 51.6 Å². The van der Waals surface area contributed by atoms with E-state index in [-0.39, 0.29) is 16.7 Å². The number of piperazine rings is 1. The average molecular weight is 301 g/mol. The molecule has 0 bridgehead atoms. The fourth-order valence-electron chi connectivity index (χ4n) is 2.76. The highest BCUT2D eigenvalue weighted by molar-refractivity contribution is 5.52. The Kier molecular flexibility index (Phi) is 3.81. The van der Waals surface area contributed by atoms with Gasteiger partial charge >= 0.3 is 0 Å². The van der Waals surface area contributed by atoms with Crippen LogP contribution in [0.15, 0.2) is 24.3 Å². The standard InChI is InChI=1S/C15H19N5O2/c1-10-11(2)18-15(17-10)14-9-16-7-8-19(14)12-3-5-13(6-4-12)20(21)22/h3-6,14,16H,7-9H2,1-2H3,(H,17,18). The fraction of sp³-hybridized carbons (Fsp3) is 0.400. The van der Waals surface area contributed by atoms with Crippen molar-refractivity contribution in [2.45, 2.75) is 19.9 Å². The predicted molar refractivity (Wildman–Crippen MR) is 84.1 cm³/mol. The maximum atomic E-state index is 10.8. The number of nitro benzene ring substituents is 1. The number of aryl methyl sites for hydroxylation is 2. The molecule has 2 aromatic rings. The zero-order valence-corrected chi connectivity index (χ0v) is 12.7. The third kappa shape index (κ3) is 2.67. The molecule has 2 N–H and O–H groups in total. The van der Waals surface area contributed by atoms with Crippen molar-refractivity contribution >= 4 is 11.4 Å². The van der Waals surface area contributed by atoms with E-state index in [0.717, 1.165) is 42.5 Å². The molecule has 3 rings (SSSR count). The number of H-pyrrole nitrogens is 1. The number of aromatic amines is 1. The van der Waals surface area contributed by atoms with Crippen LogP contribution in [-0.2, 0) is 0 Å². The first-order valence-electron chi connectivity index (χ1n) is 7.31. The molecule has 1 saturated heterocycles. The molecule has 2 heterocycles. The van der Waals surface area contributed by atoms with Crippen LogP contribution in [0.1, 0.15) is 23.3 Å². The maximum Gasteiger partial charge on any atom is 0.269 e. The van der Waals surface area contributed by atoms with Gasteiger partial charge in [0.2, 0.25) is 0 Å². The minimum absolute atomic E-state index is 0.0996. The van der Waals surface area contributed by atoms with Gasteiger partial charge in [-0.25, -0.2) is 4.98 Å². The minimum Gasteiger partial charge on any atom is -0.359 e. The smallest absolute Gasteiger partial charge is 0.269 e. The summed E-state index contributed by atoms with van der Waals surface area (Å²) in [4.78, 5) is 20.6. The molecule has 1 unspecified atom stereocenters. The molecular weight excluding hydrogens is 282 g/mol. The second kappa shape index (κ2) is 5.76. The summed E-state index contributed by atoms with van der Waals surface area (Å²) in [5, 5.41) is 14.2. The normalized spacial score (nSPS) is 18.5. The molecule has 0 aliphatic carbocycles. The SMILES string of the molecule is Cc1nc(C2CNCCN2c2ccc([N+](=O)[O-])cc2)[nH]c1C. The molecule has 1 aliphatic heterocycles. The number of non-ortho nitro benzene ring substituents is 1. The molecule has 1 atom stereocenters. The molecule has 0 radical (unpaired) electrons. The van der Waals surface area contributed by atoms with Gasteiger partial charge in [-0.15, -0.1) is 0 Å². The summed E-state index contributed by atoms with van der Waals surface area (Å²) in [5.41, 5.74) is 3.16. The Balaban J connectivity index is 1.90. The van der Waals surface area contributed by atoms with Crippen LogP contribution in [0, 0.1) is 24.0 Å². The molecular formula is C15H19N5O2. The van der Waals surface area contributed by atoms with Crippen molar-refractivity contribution in [1.29, 1.82) is 0 Å². The summed E-state index contributed by atoms with van der Waals surface area (Å²) >= 11 is 0. The number of nitrogens with zero attached hydrogens (tertiary/aromatic N) is 3. The number of nitro groups is 1. The lowest BCUT2D eigenvalue weighted by Gasteiger charge is -2.36. The number of benzene rings is 1. The summed E-state index contributed by atoms with van der Waals surface area (Å²) < 4.78 is 0. The van der Waals surface area contributed by atoms with Crippen LogP contribution in [-0.4, -0.2) is 34.5 Å². The molecule has 1 aliphatic rings. The number of anilines is 1. The van der Waals surface area contributed by atoms with Gasteiger partial charge in [-0.3, -0.25) is 10.1 Å². The van der Waals surface area contributed by atoms with Crippen molar-refractivity contribution in [3.63, 3.8) is 0 Å². The molecule has 7 nitrogen and oxygen atoms in total. The second-order valence-electron chi connectivity index (χ2n) is 5.52. The van der Waals surface area contributed by atoms with Crippen LogP contribution < -0.4 is 10.2 Å². The van der Waals surface area contributed by atoms with Crippen LogP contribution in [0.3, 0.4) is 0 Å². The Bertz CT molecular complexity index is 660. The molecule has 1 aromatic carbocycles. The van der Waals surface area contributed by atoms with Crippen LogP contribution in [0.25, 0.3) is 0 Å². The van der Waals surface area contributed by atoms with Crippen molar-refractivity contribution in [2.24, 2.45) is 0 Å². The quantitative estimate of drug-likeness (QED) is 0.669. The largest absolute Gasteiger partial charge is 0.359 e. The van der Waals surface area contributed by atoms with Crippen LogP contribution >= 0.6 is 0 Å². The Morgan fingerprint density at radius 3 is 2.64 bits per heavy atom. The van der Waals surface area contributed by atoms with E-state index in [1.165, 1.54) is 0 Å². The van der Waals surface area contributed by atoms with Crippen LogP contribution in [0.2, 0.25) is 0 Å². The molecule has 0 amide bonds. The number of nitrogens with one attached hydrogen (secondary N) is 2. The molecule has 7 heteroatoms. The Labute approximate surface area is 128 Å². The van der Waals surface area contributed by atoms with E-state index >= 15 is 0 Å². The molecule has 22 heavy (non-hydrogen) atoms. The molecule has 0 saturated carbocycles. The van der Waals surface area contributed by atoms with Gasteiger partial charge in [-0.05, 0) is 26.0 Å². The Morgan fingerprint density at radius 2 is 2.05 bits per heavy atom. The summed E-state index contributed by atoms with van der Waals surface area (Å²) in [5.74, 6) is 0.931. The first kappa shape index (κ1) is 14.5. The van der Waals surface area contributed by atoms with Gasteiger partial charge in [0.25, 0.3) is 5.69 Å². The summed E-state index contributed by atoms with van der Waals surface area (Å²) in [6, 6.07) is 6.81. The average Bonchev–Trinajstić information content (AvgIpc) is 2.87. The minimum atomic E-state index is -0.377. The zero-order chi connectivity index (χ0) is 15.7. The van der Waals surface area contributed by atoms with Gasteiger partial charge in [0.15, 0.2) is 0 Å². The third-order valence-electron chi connectivity index (χ3n) is 4.10. The van der Waals surface area contributed by atoms with E-state index in [1.807, 2.05) is 13.8 Å². The van der Waals surface area contributed by atoms with Gasteiger partial charge in [0.05, 0.1) is 16.7 Å². The van der Waals surface area contributed by atoms with Crippen molar-refractivity contribution < 1.29 is 4.92 Å². The van der Waals surface area contributed by atoms with Crippen molar-refractivity contribution in [2.75, 3.05) is 24.5 Å². The van der Waals surface area contributed by atoms with E-state index in [4.69, 9.17) is 0 Å². The lowest BCUT2D eigenvalue weighted by molar-refractivity contribution is -0.384. The van der Waals surface area contributed by atoms with Crippen LogP contribution in [0.5, 0.6) is 0 Å². The zero-order valence-electron chi connectivity index (χ0n) is 12.7. The van der Waals surface area contributed by atoms with Gasteiger partial charge in [0.1, 0.15) is 5.82 Å².